The van der Waals surface area contributed by atoms with Crippen molar-refractivity contribution in [2.45, 2.75) is 13.3 Å². The number of fused-ring (bicyclic) bond motifs is 1. The summed E-state index contributed by atoms with van der Waals surface area (Å²) in [6, 6.07) is 5.48. The van der Waals surface area contributed by atoms with E-state index in [1.54, 1.807) is 11.0 Å². The van der Waals surface area contributed by atoms with Gasteiger partial charge in [-0.3, -0.25) is 19.3 Å². The normalized spacial score (nSPS) is 16.7. The number of hydrogen-bond acceptors (Lipinski definition) is 5. The number of hydrogen-bond donors (Lipinski definition) is 2. The Morgan fingerprint density at radius 2 is 2.13 bits per heavy atom. The summed E-state index contributed by atoms with van der Waals surface area (Å²) >= 11 is 0. The maximum Gasteiger partial charge on any atom is 0.277 e. The molecule has 0 aliphatic carbocycles. The van der Waals surface area contributed by atoms with E-state index in [4.69, 9.17) is 5.11 Å². The Labute approximate surface area is 133 Å². The fourth-order valence-electron chi connectivity index (χ4n) is 2.87. The molecule has 7 heteroatoms. The lowest BCUT2D eigenvalue weighted by Crippen LogP contribution is -2.34. The standard InChI is InChI=1S/C16H17N3O4/c1-10(21)18-5-4-11-8-12(2-3-14(11)18)17-13-9-15(22)19(6-7-20)16(13)23/h2-3,8-9,17,20H,4-7H2,1H3. The van der Waals surface area contributed by atoms with Gasteiger partial charge in [-0.1, -0.05) is 0 Å². The molecule has 7 nitrogen and oxygen atoms in total. The average Bonchev–Trinajstić information content (AvgIpc) is 3.04. The summed E-state index contributed by atoms with van der Waals surface area (Å²) in [5.74, 6) is -0.881. The molecule has 2 heterocycles. The van der Waals surface area contributed by atoms with Crippen LogP contribution in [0.15, 0.2) is 30.0 Å². The van der Waals surface area contributed by atoms with Crippen LogP contribution in [-0.4, -0.2) is 47.4 Å². The van der Waals surface area contributed by atoms with Crippen LogP contribution in [0.25, 0.3) is 0 Å². The highest BCUT2D eigenvalue weighted by molar-refractivity contribution is 6.17. The highest BCUT2D eigenvalue weighted by Gasteiger charge is 2.31. The van der Waals surface area contributed by atoms with Gasteiger partial charge >= 0.3 is 0 Å². The van der Waals surface area contributed by atoms with E-state index in [1.165, 1.54) is 13.0 Å². The zero-order chi connectivity index (χ0) is 16.6. The van der Waals surface area contributed by atoms with E-state index in [0.717, 1.165) is 22.6 Å². The van der Waals surface area contributed by atoms with E-state index in [0.29, 0.717) is 12.2 Å². The van der Waals surface area contributed by atoms with Gasteiger partial charge in [0, 0.05) is 30.9 Å². The van der Waals surface area contributed by atoms with Crippen LogP contribution in [0.3, 0.4) is 0 Å². The van der Waals surface area contributed by atoms with Gasteiger partial charge in [-0.25, -0.2) is 0 Å². The fraction of sp³-hybridized carbons (Fsp3) is 0.312. The van der Waals surface area contributed by atoms with Crippen molar-refractivity contribution in [2.75, 3.05) is 29.9 Å². The number of amides is 3. The SMILES string of the molecule is CC(=O)N1CCc2cc(NC3=CC(=O)N(CCO)C3=O)ccc21. The molecule has 3 amide bonds. The number of benzene rings is 1. The second-order valence-electron chi connectivity index (χ2n) is 5.47. The van der Waals surface area contributed by atoms with Crippen LogP contribution >= 0.6 is 0 Å². The zero-order valence-corrected chi connectivity index (χ0v) is 12.7. The smallest absolute Gasteiger partial charge is 0.277 e. The molecule has 1 aromatic rings. The summed E-state index contributed by atoms with van der Waals surface area (Å²) in [4.78, 5) is 38.1. The summed E-state index contributed by atoms with van der Waals surface area (Å²) < 4.78 is 0. The fourth-order valence-corrected chi connectivity index (χ4v) is 2.87. The molecule has 0 saturated heterocycles. The average molecular weight is 315 g/mol. The van der Waals surface area contributed by atoms with Crippen LogP contribution in [0.2, 0.25) is 0 Å². The largest absolute Gasteiger partial charge is 0.395 e. The lowest BCUT2D eigenvalue weighted by Gasteiger charge is -2.16. The third kappa shape index (κ3) is 2.70. The first-order valence-electron chi connectivity index (χ1n) is 7.37. The summed E-state index contributed by atoms with van der Waals surface area (Å²) in [6.07, 6.45) is 1.99. The highest BCUT2D eigenvalue weighted by atomic mass is 16.3. The number of β-amino-alcohol motifs (C(OH)–C–C–N with tert-alkyl or cyclic N) is 1. The number of rotatable bonds is 4. The molecule has 1 aromatic carbocycles. The lowest BCUT2D eigenvalue weighted by molar-refractivity contribution is -0.137. The van der Waals surface area contributed by atoms with Gasteiger partial charge in [0.1, 0.15) is 5.70 Å². The molecule has 0 atom stereocenters. The summed E-state index contributed by atoms with van der Waals surface area (Å²) in [7, 11) is 0. The quantitative estimate of drug-likeness (QED) is 0.778. The number of imide groups is 1. The van der Waals surface area contributed by atoms with Crippen LogP contribution in [-0.2, 0) is 20.8 Å². The van der Waals surface area contributed by atoms with Gasteiger partial charge in [0.05, 0.1) is 13.2 Å². The minimum absolute atomic E-state index is 0.00313. The van der Waals surface area contributed by atoms with Crippen molar-refractivity contribution in [2.24, 2.45) is 0 Å². The zero-order valence-electron chi connectivity index (χ0n) is 12.7. The molecule has 0 aromatic heterocycles. The van der Waals surface area contributed by atoms with Gasteiger partial charge < -0.3 is 15.3 Å². The number of nitrogens with zero attached hydrogens (tertiary/aromatic N) is 2. The number of carbonyl (C=O) groups excluding carboxylic acids is 3. The first kappa shape index (κ1) is 15.2. The first-order chi connectivity index (χ1) is 11.0. The third-order valence-corrected chi connectivity index (χ3v) is 3.97. The number of aliphatic hydroxyl groups excluding tert-OH is 1. The van der Waals surface area contributed by atoms with E-state index in [9.17, 15) is 14.4 Å². The monoisotopic (exact) mass is 315 g/mol. The molecule has 3 rings (SSSR count). The summed E-state index contributed by atoms with van der Waals surface area (Å²) in [6.45, 7) is 1.90. The van der Waals surface area contributed by atoms with Crippen LogP contribution in [0, 0.1) is 0 Å². The Morgan fingerprint density at radius 3 is 2.83 bits per heavy atom. The Morgan fingerprint density at radius 1 is 1.35 bits per heavy atom. The molecule has 120 valence electrons. The Balaban J connectivity index is 1.78. The molecule has 0 radical (unpaired) electrons. The van der Waals surface area contributed by atoms with Crippen molar-refractivity contribution in [1.82, 2.24) is 4.90 Å². The van der Waals surface area contributed by atoms with E-state index in [2.05, 4.69) is 5.32 Å². The second kappa shape index (κ2) is 5.85. The van der Waals surface area contributed by atoms with E-state index in [-0.39, 0.29) is 24.8 Å². The minimum atomic E-state index is -0.449. The molecule has 0 saturated carbocycles. The van der Waals surface area contributed by atoms with Crippen LogP contribution in [0.5, 0.6) is 0 Å². The topological polar surface area (TPSA) is 90.0 Å². The Bertz CT molecular complexity index is 726. The van der Waals surface area contributed by atoms with Gasteiger partial charge in [-0.05, 0) is 30.2 Å². The van der Waals surface area contributed by atoms with E-state index < -0.39 is 11.8 Å². The number of nitrogens with one attached hydrogen (secondary N) is 1. The minimum Gasteiger partial charge on any atom is -0.395 e. The Kier molecular flexibility index (Phi) is 3.87. The Hall–Kier alpha value is -2.67. The molecular weight excluding hydrogens is 298 g/mol. The molecule has 0 fully saturated rings. The first-order valence-corrected chi connectivity index (χ1v) is 7.37. The van der Waals surface area contributed by atoms with Gasteiger partial charge in [0.15, 0.2) is 0 Å². The molecular formula is C16H17N3O4. The summed E-state index contributed by atoms with van der Waals surface area (Å²) in [5, 5.41) is 11.8. The summed E-state index contributed by atoms with van der Waals surface area (Å²) in [5.41, 5.74) is 2.78. The number of carbonyl (C=O) groups is 3. The molecule has 0 spiro atoms. The van der Waals surface area contributed by atoms with Gasteiger partial charge in [-0.2, -0.15) is 0 Å². The number of aliphatic hydroxyl groups is 1. The molecule has 2 aliphatic rings. The second-order valence-corrected chi connectivity index (χ2v) is 5.47. The third-order valence-electron chi connectivity index (χ3n) is 3.97. The molecule has 0 bridgehead atoms. The van der Waals surface area contributed by atoms with Crippen molar-refractivity contribution in [3.05, 3.63) is 35.5 Å². The van der Waals surface area contributed by atoms with Crippen LogP contribution in [0.4, 0.5) is 11.4 Å². The predicted molar refractivity (Wildman–Crippen MR) is 83.7 cm³/mol. The van der Waals surface area contributed by atoms with Gasteiger partial charge in [0.25, 0.3) is 11.8 Å². The maximum absolute atomic E-state index is 12.1. The highest BCUT2D eigenvalue weighted by Crippen LogP contribution is 2.31. The van der Waals surface area contributed by atoms with Crippen molar-refractivity contribution in [3.8, 4) is 0 Å². The van der Waals surface area contributed by atoms with Crippen LogP contribution in [0.1, 0.15) is 12.5 Å². The molecule has 2 N–H and O–H groups in total. The van der Waals surface area contributed by atoms with E-state index >= 15 is 0 Å². The predicted octanol–water partition coefficient (Wildman–Crippen LogP) is 0.252. The molecule has 2 aliphatic heterocycles. The van der Waals surface area contributed by atoms with Crippen molar-refractivity contribution in [1.29, 1.82) is 0 Å². The van der Waals surface area contributed by atoms with Crippen molar-refractivity contribution in [3.63, 3.8) is 0 Å². The number of anilines is 2. The lowest BCUT2D eigenvalue weighted by atomic mass is 10.1. The van der Waals surface area contributed by atoms with Crippen molar-refractivity contribution < 1.29 is 19.5 Å². The van der Waals surface area contributed by atoms with Gasteiger partial charge in [-0.15, -0.1) is 0 Å². The molecule has 23 heavy (non-hydrogen) atoms. The van der Waals surface area contributed by atoms with Crippen molar-refractivity contribution >= 4 is 29.1 Å². The van der Waals surface area contributed by atoms with Gasteiger partial charge in [0.2, 0.25) is 5.91 Å². The van der Waals surface area contributed by atoms with Crippen LogP contribution < -0.4 is 10.2 Å². The maximum atomic E-state index is 12.1. The van der Waals surface area contributed by atoms with E-state index in [1.807, 2.05) is 12.1 Å². The molecule has 0 unspecified atom stereocenters.